The Morgan fingerprint density at radius 3 is 2.69 bits per heavy atom. The SMILES string of the molecule is [B]c1cnn2c(NCc3cccnc3)cc(NC(N)CCc3ccccc3)nc12. The van der Waals surface area contributed by atoms with Crippen molar-refractivity contribution in [3.63, 3.8) is 0 Å². The predicted octanol–water partition coefficient (Wildman–Crippen LogP) is 1.86. The number of pyridine rings is 1. The molecule has 0 spiro atoms. The molecule has 3 aromatic heterocycles. The van der Waals surface area contributed by atoms with Gasteiger partial charge in [0.05, 0.1) is 6.17 Å². The quantitative estimate of drug-likeness (QED) is 0.318. The average molecular weight is 383 g/mol. The van der Waals surface area contributed by atoms with Crippen LogP contribution in [-0.4, -0.2) is 33.6 Å². The van der Waals surface area contributed by atoms with E-state index >= 15 is 0 Å². The van der Waals surface area contributed by atoms with Gasteiger partial charge in [0.1, 0.15) is 19.5 Å². The summed E-state index contributed by atoms with van der Waals surface area (Å²) < 4.78 is 1.69. The van der Waals surface area contributed by atoms with Gasteiger partial charge in [-0.25, -0.2) is 4.98 Å². The summed E-state index contributed by atoms with van der Waals surface area (Å²) in [5.41, 5.74) is 9.70. The van der Waals surface area contributed by atoms with Crippen LogP contribution in [0.2, 0.25) is 0 Å². The smallest absolute Gasteiger partial charge is 0.152 e. The Morgan fingerprint density at radius 1 is 1.07 bits per heavy atom. The monoisotopic (exact) mass is 383 g/mol. The van der Waals surface area contributed by atoms with Gasteiger partial charge >= 0.3 is 0 Å². The molecule has 144 valence electrons. The molecule has 0 aliphatic carbocycles. The van der Waals surface area contributed by atoms with Gasteiger partial charge in [-0.3, -0.25) is 4.98 Å². The lowest BCUT2D eigenvalue weighted by Gasteiger charge is -2.16. The van der Waals surface area contributed by atoms with E-state index in [0.29, 0.717) is 23.5 Å². The lowest BCUT2D eigenvalue weighted by molar-refractivity contribution is 0.676. The Balaban J connectivity index is 1.49. The molecule has 0 amide bonds. The summed E-state index contributed by atoms with van der Waals surface area (Å²) in [5, 5.41) is 11.0. The van der Waals surface area contributed by atoms with Crippen molar-refractivity contribution < 1.29 is 0 Å². The van der Waals surface area contributed by atoms with Gasteiger partial charge in [0.15, 0.2) is 5.65 Å². The van der Waals surface area contributed by atoms with E-state index in [0.717, 1.165) is 24.2 Å². The van der Waals surface area contributed by atoms with Gasteiger partial charge < -0.3 is 16.4 Å². The van der Waals surface area contributed by atoms with Crippen LogP contribution in [0.15, 0.2) is 67.1 Å². The first kappa shape index (κ1) is 19.0. The molecular formula is C21H22BN7. The second-order valence-corrected chi connectivity index (χ2v) is 6.85. The van der Waals surface area contributed by atoms with Gasteiger partial charge in [-0.1, -0.05) is 36.4 Å². The van der Waals surface area contributed by atoms with Gasteiger partial charge in [-0.2, -0.15) is 9.61 Å². The third kappa shape index (κ3) is 4.73. The Morgan fingerprint density at radius 2 is 1.90 bits per heavy atom. The summed E-state index contributed by atoms with van der Waals surface area (Å²) in [6.07, 6.45) is 6.60. The summed E-state index contributed by atoms with van der Waals surface area (Å²) in [5.74, 6) is 1.42. The highest BCUT2D eigenvalue weighted by atomic mass is 15.3. The minimum atomic E-state index is -0.236. The molecule has 0 fully saturated rings. The molecule has 2 radical (unpaired) electrons. The van der Waals surface area contributed by atoms with Crippen molar-refractivity contribution in [1.82, 2.24) is 19.6 Å². The molecule has 0 saturated carbocycles. The van der Waals surface area contributed by atoms with Gasteiger partial charge in [-0.05, 0) is 35.5 Å². The topological polar surface area (TPSA) is 93.2 Å². The number of nitrogens with two attached hydrogens (primary N) is 1. The third-order valence-electron chi connectivity index (χ3n) is 4.62. The number of aromatic nitrogens is 4. The fraction of sp³-hybridized carbons (Fsp3) is 0.190. The summed E-state index contributed by atoms with van der Waals surface area (Å²) in [6, 6.07) is 16.1. The van der Waals surface area contributed by atoms with E-state index < -0.39 is 0 Å². The number of anilines is 2. The number of hydrogen-bond acceptors (Lipinski definition) is 6. The zero-order valence-electron chi connectivity index (χ0n) is 16.0. The van der Waals surface area contributed by atoms with Crippen LogP contribution >= 0.6 is 0 Å². The van der Waals surface area contributed by atoms with Crippen LogP contribution in [0, 0.1) is 0 Å². The van der Waals surface area contributed by atoms with Crippen molar-refractivity contribution >= 4 is 30.6 Å². The van der Waals surface area contributed by atoms with Gasteiger partial charge in [-0.15, -0.1) is 0 Å². The minimum Gasteiger partial charge on any atom is -0.366 e. The second-order valence-electron chi connectivity index (χ2n) is 6.85. The molecule has 1 atom stereocenters. The van der Waals surface area contributed by atoms with Crippen LogP contribution in [0.3, 0.4) is 0 Å². The van der Waals surface area contributed by atoms with Crippen molar-refractivity contribution in [2.45, 2.75) is 25.6 Å². The van der Waals surface area contributed by atoms with Crippen LogP contribution in [0.5, 0.6) is 0 Å². The summed E-state index contributed by atoms with van der Waals surface area (Å²) in [4.78, 5) is 8.72. The van der Waals surface area contributed by atoms with Crippen molar-refractivity contribution in [1.29, 1.82) is 0 Å². The van der Waals surface area contributed by atoms with Crippen molar-refractivity contribution in [3.8, 4) is 0 Å². The first-order chi connectivity index (χ1) is 14.2. The first-order valence-electron chi connectivity index (χ1n) is 9.52. The molecule has 0 aliphatic heterocycles. The maximum atomic E-state index is 6.29. The molecular weight excluding hydrogens is 361 g/mol. The summed E-state index contributed by atoms with van der Waals surface area (Å²) in [7, 11) is 6.04. The molecule has 4 N–H and O–H groups in total. The van der Waals surface area contributed by atoms with E-state index in [-0.39, 0.29) is 6.17 Å². The highest BCUT2D eigenvalue weighted by molar-refractivity contribution is 6.36. The standard InChI is InChI=1S/C21H22BN7/c22-17-14-26-29-20(25-13-16-7-4-10-24-12-16)11-19(28-21(17)29)27-18(23)9-8-15-5-2-1-3-6-15/h1-7,10-12,14,18,25H,8-9,13,23H2,(H,27,28). The van der Waals surface area contributed by atoms with Gasteiger partial charge in [0, 0.05) is 31.2 Å². The lowest BCUT2D eigenvalue weighted by Crippen LogP contribution is -2.30. The molecule has 0 aliphatic rings. The maximum absolute atomic E-state index is 6.29. The van der Waals surface area contributed by atoms with Crippen molar-refractivity contribution in [2.24, 2.45) is 5.73 Å². The first-order valence-corrected chi connectivity index (χ1v) is 9.52. The largest absolute Gasteiger partial charge is 0.366 e. The predicted molar refractivity (Wildman–Crippen MR) is 116 cm³/mol. The van der Waals surface area contributed by atoms with Crippen molar-refractivity contribution in [3.05, 3.63) is 78.2 Å². The molecule has 4 aromatic rings. The Hall–Kier alpha value is -3.39. The normalized spacial score (nSPS) is 12.0. The zero-order valence-corrected chi connectivity index (χ0v) is 16.0. The Bertz CT molecular complexity index is 1070. The van der Waals surface area contributed by atoms with E-state index in [1.54, 1.807) is 16.9 Å². The molecule has 3 heterocycles. The number of rotatable bonds is 8. The van der Waals surface area contributed by atoms with Crippen LogP contribution in [0.25, 0.3) is 5.65 Å². The zero-order chi connectivity index (χ0) is 20.1. The number of nitrogens with zero attached hydrogens (tertiary/aromatic N) is 4. The fourth-order valence-electron chi connectivity index (χ4n) is 3.10. The van der Waals surface area contributed by atoms with Crippen LogP contribution in [-0.2, 0) is 13.0 Å². The maximum Gasteiger partial charge on any atom is 0.152 e. The molecule has 7 nitrogen and oxygen atoms in total. The Labute approximate surface area is 170 Å². The van der Waals surface area contributed by atoms with E-state index in [2.05, 4.69) is 37.8 Å². The average Bonchev–Trinajstić information content (AvgIpc) is 3.13. The molecule has 1 unspecified atom stereocenters. The van der Waals surface area contributed by atoms with Crippen molar-refractivity contribution in [2.75, 3.05) is 10.6 Å². The van der Waals surface area contributed by atoms with Crippen LogP contribution < -0.4 is 21.8 Å². The van der Waals surface area contributed by atoms with Crippen LogP contribution in [0.1, 0.15) is 17.5 Å². The van der Waals surface area contributed by atoms with E-state index in [4.69, 9.17) is 13.6 Å². The highest BCUT2D eigenvalue weighted by Crippen LogP contribution is 2.17. The number of hydrogen-bond donors (Lipinski definition) is 3. The molecule has 1 aromatic carbocycles. The minimum absolute atomic E-state index is 0.236. The molecule has 29 heavy (non-hydrogen) atoms. The lowest BCUT2D eigenvalue weighted by atomic mass is 10.0. The van der Waals surface area contributed by atoms with Gasteiger partial charge in [0.25, 0.3) is 0 Å². The fourth-order valence-corrected chi connectivity index (χ4v) is 3.10. The van der Waals surface area contributed by atoms with E-state index in [1.807, 2.05) is 42.6 Å². The molecule has 8 heteroatoms. The number of fused-ring (bicyclic) bond motifs is 1. The van der Waals surface area contributed by atoms with Crippen LogP contribution in [0.4, 0.5) is 11.6 Å². The highest BCUT2D eigenvalue weighted by Gasteiger charge is 2.11. The third-order valence-corrected chi connectivity index (χ3v) is 4.62. The van der Waals surface area contributed by atoms with E-state index in [1.165, 1.54) is 5.56 Å². The number of benzene rings is 1. The summed E-state index contributed by atoms with van der Waals surface area (Å²) in [6.45, 7) is 0.603. The second kappa shape index (κ2) is 8.75. The molecule has 4 rings (SSSR count). The van der Waals surface area contributed by atoms with Gasteiger partial charge in [0.2, 0.25) is 0 Å². The molecule has 0 saturated heterocycles. The molecule has 0 bridgehead atoms. The number of nitrogens with one attached hydrogen (secondary N) is 2. The number of aryl methyl sites for hydroxylation is 1. The Kier molecular flexibility index (Phi) is 5.72. The summed E-state index contributed by atoms with van der Waals surface area (Å²) >= 11 is 0. The van der Waals surface area contributed by atoms with E-state index in [9.17, 15) is 0 Å².